The highest BCUT2D eigenvalue weighted by molar-refractivity contribution is 6.32. The van der Waals surface area contributed by atoms with Gasteiger partial charge in [0.05, 0.1) is 12.1 Å². The fourth-order valence-electron chi connectivity index (χ4n) is 2.72. The van der Waals surface area contributed by atoms with E-state index in [4.69, 9.17) is 16.3 Å². The van der Waals surface area contributed by atoms with Crippen LogP contribution in [-0.2, 0) is 9.59 Å². The number of benzene rings is 2. The smallest absolute Gasteiger partial charge is 0.329 e. The lowest BCUT2D eigenvalue weighted by Gasteiger charge is -2.12. The zero-order valence-electron chi connectivity index (χ0n) is 15.3. The average Bonchev–Trinajstić information content (AvgIpc) is 2.89. The van der Waals surface area contributed by atoms with Crippen LogP contribution >= 0.6 is 11.6 Å². The Morgan fingerprint density at radius 1 is 1.25 bits per heavy atom. The lowest BCUT2D eigenvalue weighted by atomic mass is 10.2. The molecule has 3 rings (SSSR count). The molecule has 28 heavy (non-hydrogen) atoms. The van der Waals surface area contributed by atoms with Crippen LogP contribution in [0.2, 0.25) is 5.02 Å². The maximum atomic E-state index is 12.5. The van der Waals surface area contributed by atoms with Crippen molar-refractivity contribution in [3.05, 3.63) is 64.3 Å². The highest BCUT2D eigenvalue weighted by Gasteiger charge is 2.34. The fraction of sp³-hybridized carbons (Fsp3) is 0.150. The number of methoxy groups -OCH3 is 1. The van der Waals surface area contributed by atoms with E-state index in [1.165, 1.54) is 13.2 Å². The Kier molecular flexibility index (Phi) is 5.65. The summed E-state index contributed by atoms with van der Waals surface area (Å²) in [5.41, 5.74) is 2.26. The number of imide groups is 1. The van der Waals surface area contributed by atoms with Gasteiger partial charge in [-0.1, -0.05) is 29.8 Å². The summed E-state index contributed by atoms with van der Waals surface area (Å²) in [4.78, 5) is 37.7. The van der Waals surface area contributed by atoms with Crippen LogP contribution in [0.5, 0.6) is 5.75 Å². The monoisotopic (exact) mass is 399 g/mol. The van der Waals surface area contributed by atoms with Crippen molar-refractivity contribution in [2.45, 2.75) is 6.92 Å². The number of urea groups is 1. The van der Waals surface area contributed by atoms with E-state index in [1.54, 1.807) is 36.4 Å². The number of aryl methyl sites for hydroxylation is 1. The molecule has 0 unspecified atom stereocenters. The van der Waals surface area contributed by atoms with Gasteiger partial charge in [-0.15, -0.1) is 0 Å². The predicted molar refractivity (Wildman–Crippen MR) is 106 cm³/mol. The molecule has 1 fully saturated rings. The Bertz CT molecular complexity index is 987. The zero-order chi connectivity index (χ0) is 20.3. The zero-order valence-corrected chi connectivity index (χ0v) is 16.0. The van der Waals surface area contributed by atoms with Crippen LogP contribution in [0.25, 0.3) is 6.08 Å². The van der Waals surface area contributed by atoms with Crippen molar-refractivity contribution in [3.8, 4) is 5.75 Å². The first-order valence-corrected chi connectivity index (χ1v) is 8.80. The Hall–Kier alpha value is -3.32. The Morgan fingerprint density at radius 2 is 2.04 bits per heavy atom. The lowest BCUT2D eigenvalue weighted by molar-refractivity contribution is -0.127. The molecule has 1 heterocycles. The number of nitrogens with one attached hydrogen (secondary N) is 2. The van der Waals surface area contributed by atoms with E-state index >= 15 is 0 Å². The summed E-state index contributed by atoms with van der Waals surface area (Å²) in [6.45, 7) is 1.51. The summed E-state index contributed by atoms with van der Waals surface area (Å²) in [5.74, 6) is -0.556. The molecule has 0 spiro atoms. The van der Waals surface area contributed by atoms with Crippen molar-refractivity contribution in [2.24, 2.45) is 0 Å². The number of ether oxygens (including phenoxy) is 1. The minimum Gasteiger partial charge on any atom is -0.495 e. The second-order valence-corrected chi connectivity index (χ2v) is 6.60. The Labute approximate surface area is 166 Å². The topological polar surface area (TPSA) is 87.7 Å². The summed E-state index contributed by atoms with van der Waals surface area (Å²) in [5, 5.41) is 5.52. The highest BCUT2D eigenvalue weighted by Crippen LogP contribution is 2.26. The molecule has 1 saturated heterocycles. The molecule has 7 nitrogen and oxygen atoms in total. The number of carbonyl (C=O) groups excluding carboxylic acids is 3. The van der Waals surface area contributed by atoms with Crippen molar-refractivity contribution in [3.63, 3.8) is 0 Å². The standard InChI is InChI=1S/C20H18ClN3O4/c1-12-4-3-5-14(8-12)22-18(25)11-24-19(26)16(23-20(24)27)10-13-6-7-17(28-2)15(21)9-13/h3-10H,11H2,1-2H3,(H,22,25)(H,23,27)/b16-10-. The number of hydrogen-bond acceptors (Lipinski definition) is 4. The van der Waals surface area contributed by atoms with Gasteiger partial charge < -0.3 is 15.4 Å². The van der Waals surface area contributed by atoms with Crippen molar-refractivity contribution in [1.29, 1.82) is 0 Å². The summed E-state index contributed by atoms with van der Waals surface area (Å²) in [7, 11) is 1.50. The number of rotatable bonds is 5. The number of carbonyl (C=O) groups is 3. The van der Waals surface area contributed by atoms with E-state index in [1.807, 2.05) is 13.0 Å². The average molecular weight is 400 g/mol. The third kappa shape index (κ3) is 4.32. The third-order valence-corrected chi connectivity index (χ3v) is 4.35. The van der Waals surface area contributed by atoms with Gasteiger partial charge in [-0.3, -0.25) is 9.59 Å². The van der Waals surface area contributed by atoms with E-state index in [0.717, 1.165) is 10.5 Å². The van der Waals surface area contributed by atoms with Gasteiger partial charge in [0, 0.05) is 5.69 Å². The van der Waals surface area contributed by atoms with Crippen LogP contribution in [0.3, 0.4) is 0 Å². The Balaban J connectivity index is 1.71. The molecule has 4 amide bonds. The largest absolute Gasteiger partial charge is 0.495 e. The molecule has 0 saturated carbocycles. The van der Waals surface area contributed by atoms with Crippen LogP contribution < -0.4 is 15.4 Å². The van der Waals surface area contributed by atoms with Crippen LogP contribution in [0.15, 0.2) is 48.2 Å². The molecule has 2 N–H and O–H groups in total. The van der Waals surface area contributed by atoms with Crippen LogP contribution in [0, 0.1) is 6.92 Å². The number of nitrogens with zero attached hydrogens (tertiary/aromatic N) is 1. The molecule has 0 atom stereocenters. The van der Waals surface area contributed by atoms with Crippen molar-refractivity contribution < 1.29 is 19.1 Å². The summed E-state index contributed by atoms with van der Waals surface area (Å²) in [6.07, 6.45) is 1.49. The molecule has 0 aliphatic carbocycles. The van der Waals surface area contributed by atoms with Crippen molar-refractivity contribution in [2.75, 3.05) is 19.0 Å². The van der Waals surface area contributed by atoms with Gasteiger partial charge in [0.1, 0.15) is 18.0 Å². The molecule has 0 aromatic heterocycles. The van der Waals surface area contributed by atoms with Gasteiger partial charge >= 0.3 is 6.03 Å². The molecule has 2 aromatic carbocycles. The van der Waals surface area contributed by atoms with Crippen molar-refractivity contribution >= 4 is 41.2 Å². The summed E-state index contributed by atoms with van der Waals surface area (Å²) >= 11 is 6.08. The number of amides is 4. The Morgan fingerprint density at radius 3 is 2.71 bits per heavy atom. The molecule has 0 radical (unpaired) electrons. The van der Waals surface area contributed by atoms with E-state index in [2.05, 4.69) is 10.6 Å². The van der Waals surface area contributed by atoms with Crippen molar-refractivity contribution in [1.82, 2.24) is 10.2 Å². The number of hydrogen-bond donors (Lipinski definition) is 2. The normalized spacial score (nSPS) is 15.0. The molecule has 8 heteroatoms. The number of halogens is 1. The minimum absolute atomic E-state index is 0.0644. The van der Waals surface area contributed by atoms with Crippen LogP contribution in [0.1, 0.15) is 11.1 Å². The summed E-state index contributed by atoms with van der Waals surface area (Å²) < 4.78 is 5.08. The first kappa shape index (κ1) is 19.4. The van der Waals surface area contributed by atoms with Crippen LogP contribution in [-0.4, -0.2) is 36.4 Å². The second-order valence-electron chi connectivity index (χ2n) is 6.19. The van der Waals surface area contributed by atoms with Gasteiger partial charge in [0.2, 0.25) is 5.91 Å². The van der Waals surface area contributed by atoms with Gasteiger partial charge in [-0.2, -0.15) is 0 Å². The molecule has 144 valence electrons. The third-order valence-electron chi connectivity index (χ3n) is 4.05. The minimum atomic E-state index is -0.657. The van der Waals surface area contributed by atoms with E-state index < -0.39 is 17.8 Å². The summed E-state index contributed by atoms with van der Waals surface area (Å²) in [6, 6.07) is 11.5. The first-order valence-electron chi connectivity index (χ1n) is 8.42. The number of anilines is 1. The first-order chi connectivity index (χ1) is 13.4. The maximum absolute atomic E-state index is 12.5. The molecule has 1 aliphatic heterocycles. The molecule has 0 bridgehead atoms. The van der Waals surface area contributed by atoms with Gasteiger partial charge in [0.25, 0.3) is 5.91 Å². The lowest BCUT2D eigenvalue weighted by Crippen LogP contribution is -2.38. The van der Waals surface area contributed by atoms with Gasteiger partial charge in [0.15, 0.2) is 0 Å². The van der Waals surface area contributed by atoms with Gasteiger partial charge in [-0.05, 0) is 48.4 Å². The second kappa shape index (κ2) is 8.14. The highest BCUT2D eigenvalue weighted by atomic mass is 35.5. The molecular weight excluding hydrogens is 382 g/mol. The fourth-order valence-corrected chi connectivity index (χ4v) is 2.99. The molecule has 1 aliphatic rings. The molecule has 2 aromatic rings. The quantitative estimate of drug-likeness (QED) is 0.597. The predicted octanol–water partition coefficient (Wildman–Crippen LogP) is 3.19. The van der Waals surface area contributed by atoms with Gasteiger partial charge in [-0.25, -0.2) is 9.69 Å². The van der Waals surface area contributed by atoms with Crippen LogP contribution in [0.4, 0.5) is 10.5 Å². The SMILES string of the molecule is COc1ccc(/C=C2\NC(=O)N(CC(=O)Nc3cccc(C)c3)C2=O)cc1Cl. The van der Waals surface area contributed by atoms with E-state index in [-0.39, 0.29) is 12.2 Å². The molecular formula is C20H18ClN3O4. The van der Waals surface area contributed by atoms with E-state index in [0.29, 0.717) is 22.0 Å². The maximum Gasteiger partial charge on any atom is 0.329 e. The van der Waals surface area contributed by atoms with E-state index in [9.17, 15) is 14.4 Å².